The average molecular weight is 817 g/mol. The van der Waals surface area contributed by atoms with Crippen LogP contribution >= 0.6 is 0 Å². The number of fused-ring (bicyclic) bond motifs is 8. The fourth-order valence-corrected chi connectivity index (χ4v) is 8.09. The summed E-state index contributed by atoms with van der Waals surface area (Å²) in [6.07, 6.45) is 25.0. The Morgan fingerprint density at radius 1 is 0.281 bits per heavy atom. The van der Waals surface area contributed by atoms with Crippen LogP contribution in [0, 0.1) is 0 Å². The number of allylic oxidation sites excluding steroid dienone is 4. The molecule has 0 saturated heterocycles. The van der Waals surface area contributed by atoms with Crippen LogP contribution in [0.1, 0.15) is 229 Å². The third-order valence-corrected chi connectivity index (χ3v) is 11.6. The number of rotatable bonds is 24. The molecule has 0 N–H and O–H groups in total. The molecule has 0 aliphatic carbocycles. The molecular weight excluding hydrogens is 744 g/mol. The number of hydrogen-bond acceptors (Lipinski definition) is 6. The quantitative estimate of drug-likeness (QED) is 0.0823. The van der Waals surface area contributed by atoms with E-state index in [1.54, 1.807) is 0 Å². The molecule has 57 heavy (non-hydrogen) atoms. The molecule has 2 aliphatic rings. The summed E-state index contributed by atoms with van der Waals surface area (Å²) in [7, 11) is 0. The van der Waals surface area contributed by atoms with E-state index in [9.17, 15) is 0 Å². The molecule has 0 spiro atoms. The first kappa shape index (κ1) is 46.5. The Balaban J connectivity index is 0.00000720. The maximum Gasteiger partial charge on any atom is 2.00 e. The van der Waals surface area contributed by atoms with Gasteiger partial charge in [-0.15, -0.1) is 0 Å². The Morgan fingerprint density at radius 3 is 0.667 bits per heavy atom. The maximum atomic E-state index is 5.47. The minimum absolute atomic E-state index is 0. The molecule has 3 aromatic heterocycles. The van der Waals surface area contributed by atoms with Gasteiger partial charge in [-0.25, -0.2) is 9.97 Å². The van der Waals surface area contributed by atoms with Gasteiger partial charge >= 0.3 is 17.1 Å². The van der Waals surface area contributed by atoms with Crippen LogP contribution in [0.2, 0.25) is 0 Å². The Bertz CT molecular complexity index is 1700. The second kappa shape index (κ2) is 24.0. The van der Waals surface area contributed by atoms with Crippen molar-refractivity contribution in [2.45, 2.75) is 209 Å². The van der Waals surface area contributed by atoms with Gasteiger partial charge in [-0.1, -0.05) is 107 Å². The van der Waals surface area contributed by atoms with Crippen LogP contribution in [0.3, 0.4) is 0 Å². The fourth-order valence-electron chi connectivity index (χ4n) is 8.09. The average Bonchev–Trinajstić information content (AvgIpc) is 3.90. The Hall–Kier alpha value is -3.16. The summed E-state index contributed by atoms with van der Waals surface area (Å²) in [6, 6.07) is 0. The zero-order valence-corrected chi connectivity index (χ0v) is 38.0. The molecule has 312 valence electrons. The molecular formula is C48H72FeN8. The van der Waals surface area contributed by atoms with Gasteiger partial charge in [-0.05, 0) is 147 Å². The molecule has 5 rings (SSSR count). The third kappa shape index (κ3) is 11.5. The van der Waals surface area contributed by atoms with Crippen LogP contribution in [0.4, 0.5) is 0 Å². The van der Waals surface area contributed by atoms with Gasteiger partial charge in [0.05, 0.1) is 23.3 Å². The molecule has 2 aliphatic heterocycles. The predicted octanol–water partition coefficient (Wildman–Crippen LogP) is 13.1. The number of unbranched alkanes of at least 4 members (excludes halogenated alkanes) is 8. The van der Waals surface area contributed by atoms with Crippen LogP contribution in [-0.2, 0) is 42.8 Å². The van der Waals surface area contributed by atoms with Gasteiger partial charge in [0, 0.05) is 22.6 Å². The first-order valence-corrected chi connectivity index (χ1v) is 23.1. The van der Waals surface area contributed by atoms with E-state index in [0.29, 0.717) is 0 Å². The summed E-state index contributed by atoms with van der Waals surface area (Å²) in [4.78, 5) is 43.3. The van der Waals surface area contributed by atoms with Crippen LogP contribution in [-0.4, -0.2) is 29.9 Å². The monoisotopic (exact) mass is 817 g/mol. The molecule has 9 heteroatoms. The van der Waals surface area contributed by atoms with Gasteiger partial charge in [0.25, 0.3) is 0 Å². The van der Waals surface area contributed by atoms with Crippen molar-refractivity contribution in [3.8, 4) is 0 Å². The van der Waals surface area contributed by atoms with E-state index < -0.39 is 0 Å². The molecule has 0 amide bonds. The Morgan fingerprint density at radius 2 is 0.474 bits per heavy atom. The zero-order chi connectivity index (χ0) is 39.9. The Labute approximate surface area is 355 Å². The van der Waals surface area contributed by atoms with E-state index in [2.05, 4.69) is 55.4 Å². The van der Waals surface area contributed by atoms with Crippen molar-refractivity contribution in [2.24, 2.45) is 0 Å². The van der Waals surface area contributed by atoms with E-state index >= 15 is 0 Å². The zero-order valence-electron chi connectivity index (χ0n) is 36.9. The molecule has 0 atom stereocenters. The number of hydrogen-bond donors (Lipinski definition) is 0. The third-order valence-electron chi connectivity index (χ3n) is 11.6. The first-order valence-electron chi connectivity index (χ1n) is 23.1. The van der Waals surface area contributed by atoms with Crippen molar-refractivity contribution >= 4 is 44.9 Å². The summed E-state index contributed by atoms with van der Waals surface area (Å²) < 4.78 is 0. The summed E-state index contributed by atoms with van der Waals surface area (Å²) >= 11 is 0. The molecule has 3 aromatic rings. The van der Waals surface area contributed by atoms with Crippen molar-refractivity contribution in [2.75, 3.05) is 0 Å². The van der Waals surface area contributed by atoms with E-state index in [-0.39, 0.29) is 17.1 Å². The van der Waals surface area contributed by atoms with Crippen molar-refractivity contribution in [3.63, 3.8) is 0 Å². The van der Waals surface area contributed by atoms with Crippen molar-refractivity contribution in [1.82, 2.24) is 39.9 Å². The summed E-state index contributed by atoms with van der Waals surface area (Å²) in [5, 5.41) is 0. The van der Waals surface area contributed by atoms with Crippen LogP contribution in [0.5, 0.6) is 0 Å². The van der Waals surface area contributed by atoms with Crippen molar-refractivity contribution < 1.29 is 17.1 Å². The normalized spacial score (nSPS) is 12.9. The Kier molecular flexibility index (Phi) is 19.6. The van der Waals surface area contributed by atoms with Gasteiger partial charge in [-0.2, -0.15) is 0 Å². The fraction of sp³-hybridized carbons (Fsp3) is 0.667. The van der Waals surface area contributed by atoms with E-state index in [0.717, 1.165) is 200 Å². The molecule has 5 heterocycles. The van der Waals surface area contributed by atoms with E-state index in [1.165, 1.54) is 44.5 Å². The molecule has 8 nitrogen and oxygen atoms in total. The minimum Gasteiger partial charge on any atom is -0.358 e. The largest absolute Gasteiger partial charge is 2.00 e. The van der Waals surface area contributed by atoms with Gasteiger partial charge < -0.3 is 29.9 Å². The van der Waals surface area contributed by atoms with Crippen LogP contribution < -0.4 is 9.97 Å². The smallest absolute Gasteiger partial charge is 0.358 e. The number of nitrogens with zero attached hydrogens (tertiary/aromatic N) is 8. The molecule has 0 fully saturated rings. The molecule has 0 aromatic carbocycles. The SMILES string of the molecule is CCCCC1=C(CCCC)c2nc1nc1[n-]c(nc3nc(nc4[n-]c(n2)c(CCCC)c4CCCC)C(CCCC)=C3CCCC)c(CCCC)c1CCCC.[Fe+2]. The predicted molar refractivity (Wildman–Crippen MR) is 236 cm³/mol. The second-order valence-electron chi connectivity index (χ2n) is 16.1. The van der Waals surface area contributed by atoms with Crippen molar-refractivity contribution in [1.29, 1.82) is 0 Å². The second-order valence-corrected chi connectivity index (χ2v) is 16.1. The standard InChI is InChI=1S/C48H72N8.Fe/c1-9-17-25-33-34(26-18-10-2)42-49-41(33)53-43-35(27-19-11-3)36(28-20-12-4)45(50-43)55-47-39(31-23-15-7)40(32-24-16-8)48(52-47)56-46-38(30-22-14-6)37(29-21-13-5)44(51-46)54-42;/h9-32H2,1-8H3;/q-2;+2. The molecule has 0 unspecified atom stereocenters. The van der Waals surface area contributed by atoms with Gasteiger partial charge in [0.2, 0.25) is 0 Å². The maximum absolute atomic E-state index is 5.47. The summed E-state index contributed by atoms with van der Waals surface area (Å²) in [6.45, 7) is 18.1. The van der Waals surface area contributed by atoms with E-state index in [1.807, 2.05) is 0 Å². The number of aromatic nitrogens is 8. The number of aryl methyl sites for hydroxylation is 4. The molecule has 0 radical (unpaired) electrons. The summed E-state index contributed by atoms with van der Waals surface area (Å²) in [5.74, 6) is 3.15. The van der Waals surface area contributed by atoms with Crippen LogP contribution in [0.25, 0.3) is 44.9 Å². The van der Waals surface area contributed by atoms with Gasteiger partial charge in [0.15, 0.2) is 0 Å². The van der Waals surface area contributed by atoms with Crippen LogP contribution in [0.15, 0.2) is 0 Å². The van der Waals surface area contributed by atoms with Gasteiger partial charge in [-0.3, -0.25) is 0 Å². The minimum atomic E-state index is 0. The van der Waals surface area contributed by atoms with Crippen molar-refractivity contribution in [3.05, 3.63) is 45.6 Å². The topological polar surface area (TPSA) is 106 Å². The molecule has 0 saturated carbocycles. The summed E-state index contributed by atoms with van der Waals surface area (Å²) in [5.41, 5.74) is 13.1. The van der Waals surface area contributed by atoms with Gasteiger partial charge in [0.1, 0.15) is 0 Å². The first-order chi connectivity index (χ1) is 27.5. The van der Waals surface area contributed by atoms with E-state index in [4.69, 9.17) is 39.9 Å². The molecule has 8 bridgehead atoms.